The first kappa shape index (κ1) is 14.2. The van der Waals surface area contributed by atoms with Crippen LogP contribution in [0.25, 0.3) is 0 Å². The van der Waals surface area contributed by atoms with Crippen LogP contribution < -0.4 is 10.2 Å². The fourth-order valence-electron chi connectivity index (χ4n) is 2.42. The van der Waals surface area contributed by atoms with Gasteiger partial charge in [0.1, 0.15) is 17.8 Å². The summed E-state index contributed by atoms with van der Waals surface area (Å²) in [7, 11) is -1.14. The summed E-state index contributed by atoms with van der Waals surface area (Å²) in [5, 5.41) is 2.88. The van der Waals surface area contributed by atoms with Gasteiger partial charge >= 0.3 is 0 Å². The van der Waals surface area contributed by atoms with Gasteiger partial charge in [-0.05, 0) is 19.3 Å². The van der Waals surface area contributed by atoms with Gasteiger partial charge in [0.05, 0.1) is 11.5 Å². The second kappa shape index (κ2) is 5.25. The number of rotatable bonds is 4. The van der Waals surface area contributed by atoms with Crippen LogP contribution >= 0.6 is 0 Å². The fourth-order valence-corrected chi connectivity index (χ4v) is 4.19. The standard InChI is InChI=1S/C13H18N4O3S/c1-17(10-4-5-21(19,20)7-10)12-6-11(14-8-15-12)13(18)16-9-2-3-9/h6,8-10H,2-5,7H2,1H3,(H,16,18). The Hall–Kier alpha value is -1.70. The second-order valence-electron chi connectivity index (χ2n) is 5.68. The Balaban J connectivity index is 1.74. The van der Waals surface area contributed by atoms with Crippen LogP contribution in [-0.4, -0.2) is 54.9 Å². The SMILES string of the molecule is CN(c1cc(C(=O)NC2CC2)ncn1)C1CCS(=O)(=O)C1. The summed E-state index contributed by atoms with van der Waals surface area (Å²) < 4.78 is 23.1. The summed E-state index contributed by atoms with van der Waals surface area (Å²) in [4.78, 5) is 21.9. The monoisotopic (exact) mass is 310 g/mol. The maximum absolute atomic E-state index is 12.0. The van der Waals surface area contributed by atoms with Gasteiger partial charge in [-0.1, -0.05) is 0 Å². The van der Waals surface area contributed by atoms with Gasteiger partial charge in [0, 0.05) is 25.2 Å². The van der Waals surface area contributed by atoms with E-state index in [0.717, 1.165) is 12.8 Å². The molecule has 0 radical (unpaired) electrons. The molecule has 114 valence electrons. The van der Waals surface area contributed by atoms with Crippen LogP contribution in [0.5, 0.6) is 0 Å². The third kappa shape index (κ3) is 3.31. The average molecular weight is 310 g/mol. The summed E-state index contributed by atoms with van der Waals surface area (Å²) >= 11 is 0. The van der Waals surface area contributed by atoms with Crippen LogP contribution in [0.15, 0.2) is 12.4 Å². The highest BCUT2D eigenvalue weighted by Gasteiger charge is 2.31. The van der Waals surface area contributed by atoms with Crippen molar-refractivity contribution in [2.75, 3.05) is 23.5 Å². The number of nitrogens with zero attached hydrogens (tertiary/aromatic N) is 3. The molecule has 1 aromatic rings. The Kier molecular flexibility index (Phi) is 3.56. The van der Waals surface area contributed by atoms with E-state index < -0.39 is 9.84 Å². The quantitative estimate of drug-likeness (QED) is 0.841. The average Bonchev–Trinajstić information content (AvgIpc) is 3.19. The number of sulfone groups is 1. The molecule has 0 spiro atoms. The largest absolute Gasteiger partial charge is 0.356 e. The second-order valence-corrected chi connectivity index (χ2v) is 7.91. The van der Waals surface area contributed by atoms with E-state index in [1.54, 1.807) is 13.1 Å². The van der Waals surface area contributed by atoms with Crippen molar-refractivity contribution in [3.63, 3.8) is 0 Å². The lowest BCUT2D eigenvalue weighted by Gasteiger charge is -2.24. The lowest BCUT2D eigenvalue weighted by molar-refractivity contribution is 0.0946. The van der Waals surface area contributed by atoms with Crippen molar-refractivity contribution in [2.45, 2.75) is 31.3 Å². The number of anilines is 1. The number of hydrogen-bond donors (Lipinski definition) is 1. The van der Waals surface area contributed by atoms with Gasteiger partial charge in [0.2, 0.25) is 0 Å². The molecular formula is C13H18N4O3S. The Morgan fingerprint density at radius 2 is 2.10 bits per heavy atom. The first-order valence-electron chi connectivity index (χ1n) is 7.01. The van der Waals surface area contributed by atoms with Crippen LogP contribution in [-0.2, 0) is 9.84 Å². The molecule has 2 heterocycles. The summed E-state index contributed by atoms with van der Waals surface area (Å²) in [6.07, 6.45) is 3.97. The predicted octanol–water partition coefficient (Wildman–Crippen LogP) is -0.00790. The number of amides is 1. The highest BCUT2D eigenvalue weighted by Crippen LogP contribution is 2.22. The predicted molar refractivity (Wildman–Crippen MR) is 78.0 cm³/mol. The van der Waals surface area contributed by atoms with Crippen molar-refractivity contribution in [3.05, 3.63) is 18.1 Å². The fraction of sp³-hybridized carbons (Fsp3) is 0.615. The van der Waals surface area contributed by atoms with E-state index >= 15 is 0 Å². The topological polar surface area (TPSA) is 92.3 Å². The van der Waals surface area contributed by atoms with Crippen LogP contribution in [0, 0.1) is 0 Å². The third-order valence-electron chi connectivity index (χ3n) is 3.92. The molecular weight excluding hydrogens is 292 g/mol. The van der Waals surface area contributed by atoms with E-state index in [9.17, 15) is 13.2 Å². The molecule has 1 N–H and O–H groups in total. The maximum Gasteiger partial charge on any atom is 0.270 e. The summed E-state index contributed by atoms with van der Waals surface area (Å²) in [6, 6.07) is 1.79. The van der Waals surface area contributed by atoms with E-state index in [2.05, 4.69) is 15.3 Å². The van der Waals surface area contributed by atoms with Gasteiger partial charge in [0.15, 0.2) is 9.84 Å². The molecule has 1 amide bonds. The molecule has 1 saturated carbocycles. The van der Waals surface area contributed by atoms with Gasteiger partial charge in [-0.2, -0.15) is 0 Å². The molecule has 3 rings (SSSR count). The number of nitrogens with one attached hydrogen (secondary N) is 1. The van der Waals surface area contributed by atoms with E-state index in [0.29, 0.717) is 17.9 Å². The van der Waals surface area contributed by atoms with Crippen molar-refractivity contribution in [2.24, 2.45) is 0 Å². The normalized spacial score (nSPS) is 23.8. The van der Waals surface area contributed by atoms with Gasteiger partial charge < -0.3 is 10.2 Å². The minimum atomic E-state index is -2.95. The van der Waals surface area contributed by atoms with Gasteiger partial charge in [-0.15, -0.1) is 0 Å². The lowest BCUT2D eigenvalue weighted by Crippen LogP contribution is -2.34. The number of carbonyl (C=O) groups excluding carboxylic acids is 1. The molecule has 1 saturated heterocycles. The Labute approximate surface area is 123 Å². The molecule has 21 heavy (non-hydrogen) atoms. The minimum Gasteiger partial charge on any atom is -0.356 e. The molecule has 8 heteroatoms. The van der Waals surface area contributed by atoms with E-state index in [1.165, 1.54) is 6.33 Å². The Morgan fingerprint density at radius 1 is 1.33 bits per heavy atom. The van der Waals surface area contributed by atoms with Crippen molar-refractivity contribution in [1.82, 2.24) is 15.3 Å². The van der Waals surface area contributed by atoms with Crippen LogP contribution in [0.1, 0.15) is 29.8 Å². The molecule has 1 aliphatic carbocycles. The molecule has 1 atom stereocenters. The van der Waals surface area contributed by atoms with Crippen molar-refractivity contribution in [3.8, 4) is 0 Å². The van der Waals surface area contributed by atoms with Crippen molar-refractivity contribution >= 4 is 21.6 Å². The van der Waals surface area contributed by atoms with E-state index in [-0.39, 0.29) is 29.5 Å². The highest BCUT2D eigenvalue weighted by atomic mass is 32.2. The zero-order valence-electron chi connectivity index (χ0n) is 11.8. The molecule has 0 bridgehead atoms. The zero-order valence-corrected chi connectivity index (χ0v) is 12.6. The molecule has 1 aliphatic heterocycles. The number of aromatic nitrogens is 2. The molecule has 1 aromatic heterocycles. The van der Waals surface area contributed by atoms with Gasteiger partial charge in [0.25, 0.3) is 5.91 Å². The molecule has 7 nitrogen and oxygen atoms in total. The Morgan fingerprint density at radius 3 is 2.71 bits per heavy atom. The highest BCUT2D eigenvalue weighted by molar-refractivity contribution is 7.91. The zero-order chi connectivity index (χ0) is 15.0. The minimum absolute atomic E-state index is 0.0933. The van der Waals surface area contributed by atoms with Crippen molar-refractivity contribution in [1.29, 1.82) is 0 Å². The maximum atomic E-state index is 12.0. The first-order chi connectivity index (χ1) is 9.94. The van der Waals surface area contributed by atoms with Crippen LogP contribution in [0.2, 0.25) is 0 Å². The number of carbonyl (C=O) groups is 1. The first-order valence-corrected chi connectivity index (χ1v) is 8.83. The molecule has 0 aromatic carbocycles. The molecule has 1 unspecified atom stereocenters. The molecule has 2 aliphatic rings. The summed E-state index contributed by atoms with van der Waals surface area (Å²) in [5.74, 6) is 0.723. The lowest BCUT2D eigenvalue weighted by atomic mass is 10.2. The third-order valence-corrected chi connectivity index (χ3v) is 5.67. The Bertz CT molecular complexity index is 657. The summed E-state index contributed by atoms with van der Waals surface area (Å²) in [6.45, 7) is 0. The smallest absolute Gasteiger partial charge is 0.270 e. The van der Waals surface area contributed by atoms with Gasteiger partial charge in [-0.3, -0.25) is 4.79 Å². The van der Waals surface area contributed by atoms with E-state index in [1.807, 2.05) is 4.90 Å². The van der Waals surface area contributed by atoms with Gasteiger partial charge in [-0.25, -0.2) is 18.4 Å². The molecule has 2 fully saturated rings. The van der Waals surface area contributed by atoms with Crippen molar-refractivity contribution < 1.29 is 13.2 Å². The number of hydrogen-bond acceptors (Lipinski definition) is 6. The van der Waals surface area contributed by atoms with Crippen LogP contribution in [0.3, 0.4) is 0 Å². The summed E-state index contributed by atoms with van der Waals surface area (Å²) in [5.41, 5.74) is 0.319. The van der Waals surface area contributed by atoms with E-state index in [4.69, 9.17) is 0 Å². The van der Waals surface area contributed by atoms with Crippen LogP contribution in [0.4, 0.5) is 5.82 Å².